The molecule has 192 valence electrons. The van der Waals surface area contributed by atoms with Gasteiger partial charge in [-0.1, -0.05) is 48.5 Å². The van der Waals surface area contributed by atoms with Crippen molar-refractivity contribution < 1.29 is 9.59 Å². The average molecular weight is 489 g/mol. The van der Waals surface area contributed by atoms with Gasteiger partial charge in [0.25, 0.3) is 0 Å². The number of benzene rings is 2. The molecule has 6 heteroatoms. The highest BCUT2D eigenvalue weighted by atomic mass is 16.2. The summed E-state index contributed by atoms with van der Waals surface area (Å²) < 4.78 is 0. The maximum Gasteiger partial charge on any atom is 0.321 e. The van der Waals surface area contributed by atoms with Crippen LogP contribution in [-0.2, 0) is 11.2 Å². The molecule has 0 aromatic heterocycles. The zero-order valence-electron chi connectivity index (χ0n) is 21.4. The fraction of sp³-hybridized carbons (Fsp3) is 0.533. The Balaban J connectivity index is 1.01. The van der Waals surface area contributed by atoms with Crippen LogP contribution in [-0.4, -0.2) is 71.9 Å². The van der Waals surface area contributed by atoms with Crippen LogP contribution < -0.4 is 5.32 Å². The van der Waals surface area contributed by atoms with Crippen molar-refractivity contribution in [2.75, 3.05) is 44.6 Å². The third kappa shape index (κ3) is 6.28. The Morgan fingerprint density at radius 3 is 1.92 bits per heavy atom. The van der Waals surface area contributed by atoms with Crippen molar-refractivity contribution in [3.05, 3.63) is 66.2 Å². The highest BCUT2D eigenvalue weighted by Gasteiger charge is 2.34. The van der Waals surface area contributed by atoms with E-state index in [1.54, 1.807) is 0 Å². The topological polar surface area (TPSA) is 55.9 Å². The highest BCUT2D eigenvalue weighted by molar-refractivity contribution is 5.89. The van der Waals surface area contributed by atoms with Gasteiger partial charge in [-0.15, -0.1) is 0 Å². The Bertz CT molecular complexity index is 975. The van der Waals surface area contributed by atoms with E-state index in [0.717, 1.165) is 89.9 Å². The lowest BCUT2D eigenvalue weighted by Gasteiger charge is -2.42. The zero-order valence-corrected chi connectivity index (χ0v) is 21.4. The zero-order chi connectivity index (χ0) is 24.7. The first kappa shape index (κ1) is 24.8. The summed E-state index contributed by atoms with van der Waals surface area (Å²) in [6.07, 6.45) is 7.33. The Morgan fingerprint density at radius 2 is 1.28 bits per heavy atom. The number of hydrogen-bond acceptors (Lipinski definition) is 3. The second kappa shape index (κ2) is 11.9. The van der Waals surface area contributed by atoms with Gasteiger partial charge in [-0.3, -0.25) is 4.79 Å². The van der Waals surface area contributed by atoms with Crippen LogP contribution in [0, 0.1) is 11.8 Å². The van der Waals surface area contributed by atoms with Gasteiger partial charge in [0.2, 0.25) is 5.91 Å². The van der Waals surface area contributed by atoms with Gasteiger partial charge in [-0.2, -0.15) is 0 Å². The van der Waals surface area contributed by atoms with E-state index in [2.05, 4.69) is 45.4 Å². The summed E-state index contributed by atoms with van der Waals surface area (Å²) in [4.78, 5) is 32.5. The number of nitrogens with zero attached hydrogens (tertiary/aromatic N) is 3. The lowest BCUT2D eigenvalue weighted by Crippen LogP contribution is -2.51. The van der Waals surface area contributed by atoms with E-state index < -0.39 is 0 Å². The van der Waals surface area contributed by atoms with Gasteiger partial charge in [-0.25, -0.2) is 4.79 Å². The van der Waals surface area contributed by atoms with Gasteiger partial charge >= 0.3 is 6.03 Å². The molecule has 0 radical (unpaired) electrons. The van der Waals surface area contributed by atoms with Crippen molar-refractivity contribution >= 4 is 17.6 Å². The number of likely N-dealkylation sites (tertiary alicyclic amines) is 3. The van der Waals surface area contributed by atoms with Crippen LogP contribution in [0.5, 0.6) is 0 Å². The number of para-hydroxylation sites is 1. The smallest absolute Gasteiger partial charge is 0.321 e. The minimum Gasteiger partial charge on any atom is -0.342 e. The molecular weight excluding hydrogens is 448 g/mol. The van der Waals surface area contributed by atoms with Crippen molar-refractivity contribution in [1.29, 1.82) is 0 Å². The first-order chi connectivity index (χ1) is 17.7. The quantitative estimate of drug-likeness (QED) is 0.653. The van der Waals surface area contributed by atoms with Crippen molar-refractivity contribution in [1.82, 2.24) is 14.7 Å². The molecule has 36 heavy (non-hydrogen) atoms. The molecule has 0 spiro atoms. The molecule has 0 unspecified atom stereocenters. The number of amides is 3. The highest BCUT2D eigenvalue weighted by Crippen LogP contribution is 2.28. The third-order valence-corrected chi connectivity index (χ3v) is 8.47. The molecule has 3 fully saturated rings. The summed E-state index contributed by atoms with van der Waals surface area (Å²) in [5.41, 5.74) is 2.26. The maximum absolute atomic E-state index is 13.2. The van der Waals surface area contributed by atoms with Gasteiger partial charge < -0.3 is 20.0 Å². The van der Waals surface area contributed by atoms with Crippen LogP contribution in [0.25, 0.3) is 0 Å². The van der Waals surface area contributed by atoms with Crippen LogP contribution in [0.4, 0.5) is 10.5 Å². The average Bonchev–Trinajstić information content (AvgIpc) is 2.94. The van der Waals surface area contributed by atoms with Gasteiger partial charge in [0, 0.05) is 43.8 Å². The molecule has 6 nitrogen and oxygen atoms in total. The second-order valence-electron chi connectivity index (χ2n) is 10.8. The number of urea groups is 1. The molecular formula is C30H40N4O2. The third-order valence-electron chi connectivity index (χ3n) is 8.47. The largest absolute Gasteiger partial charge is 0.342 e. The van der Waals surface area contributed by atoms with Crippen LogP contribution >= 0.6 is 0 Å². The molecule has 0 aliphatic carbocycles. The molecule has 2 aromatic rings. The molecule has 1 N–H and O–H groups in total. The fourth-order valence-electron chi connectivity index (χ4n) is 6.23. The molecule has 3 aliphatic rings. The Morgan fingerprint density at radius 1 is 0.694 bits per heavy atom. The van der Waals surface area contributed by atoms with E-state index in [0.29, 0.717) is 17.9 Å². The predicted molar refractivity (Wildman–Crippen MR) is 144 cm³/mol. The van der Waals surface area contributed by atoms with Crippen molar-refractivity contribution in [3.63, 3.8) is 0 Å². The van der Waals surface area contributed by atoms with E-state index in [9.17, 15) is 9.59 Å². The summed E-state index contributed by atoms with van der Waals surface area (Å²) in [7, 11) is 0. The normalized spacial score (nSPS) is 20.9. The second-order valence-corrected chi connectivity index (χ2v) is 10.8. The van der Waals surface area contributed by atoms with Crippen LogP contribution in [0.3, 0.4) is 0 Å². The molecule has 2 aromatic carbocycles. The van der Waals surface area contributed by atoms with Gasteiger partial charge in [0.15, 0.2) is 0 Å². The van der Waals surface area contributed by atoms with Crippen LogP contribution in [0.2, 0.25) is 0 Å². The SMILES string of the molecule is O=C(Nc1ccccc1)N1CCC(N2CCC(C(=O)N3CCC(Cc4ccccc4)CC3)CC2)CC1. The molecule has 3 saturated heterocycles. The molecule has 0 bridgehead atoms. The first-order valence-corrected chi connectivity index (χ1v) is 13.8. The molecule has 3 heterocycles. The van der Waals surface area contributed by atoms with Gasteiger partial charge in [0.05, 0.1) is 0 Å². The standard InChI is InChI=1S/C30H40N4O2/c35-29(33-17-11-25(12-18-33)23-24-7-3-1-4-8-24)26-13-19-32(20-14-26)28-15-21-34(22-16-28)30(36)31-27-9-5-2-6-10-27/h1-10,25-26,28H,11-23H2,(H,31,36). The number of carbonyl (C=O) groups excluding carboxylic acids is 2. The van der Waals surface area contributed by atoms with Gasteiger partial charge in [0.1, 0.15) is 0 Å². The fourth-order valence-corrected chi connectivity index (χ4v) is 6.23. The number of carbonyl (C=O) groups is 2. The van der Waals surface area contributed by atoms with Crippen LogP contribution in [0.15, 0.2) is 60.7 Å². The number of rotatable bonds is 5. The van der Waals surface area contributed by atoms with E-state index in [-0.39, 0.29) is 11.9 Å². The van der Waals surface area contributed by atoms with Crippen molar-refractivity contribution in [2.24, 2.45) is 11.8 Å². The Kier molecular flexibility index (Phi) is 8.22. The molecule has 0 saturated carbocycles. The summed E-state index contributed by atoms with van der Waals surface area (Å²) >= 11 is 0. The van der Waals surface area contributed by atoms with E-state index in [1.807, 2.05) is 35.2 Å². The molecule has 3 aliphatic heterocycles. The monoisotopic (exact) mass is 488 g/mol. The minimum absolute atomic E-state index is 0.00325. The summed E-state index contributed by atoms with van der Waals surface area (Å²) in [5, 5.41) is 3.00. The number of anilines is 1. The number of hydrogen-bond donors (Lipinski definition) is 1. The van der Waals surface area contributed by atoms with Crippen molar-refractivity contribution in [2.45, 2.75) is 51.0 Å². The summed E-state index contributed by atoms with van der Waals surface area (Å²) in [6.45, 7) is 5.42. The summed E-state index contributed by atoms with van der Waals surface area (Å²) in [5.74, 6) is 1.27. The molecule has 3 amide bonds. The Labute approximate surface area is 215 Å². The lowest BCUT2D eigenvalue weighted by molar-refractivity contribution is -0.138. The minimum atomic E-state index is -0.00325. The first-order valence-electron chi connectivity index (χ1n) is 13.8. The predicted octanol–water partition coefficient (Wildman–Crippen LogP) is 4.88. The van der Waals surface area contributed by atoms with Crippen molar-refractivity contribution in [3.8, 4) is 0 Å². The molecule has 0 atom stereocenters. The maximum atomic E-state index is 13.2. The number of piperidine rings is 3. The van der Waals surface area contributed by atoms with E-state index in [1.165, 1.54) is 5.56 Å². The lowest BCUT2D eigenvalue weighted by atomic mass is 9.88. The van der Waals surface area contributed by atoms with E-state index in [4.69, 9.17) is 0 Å². The van der Waals surface area contributed by atoms with Crippen LogP contribution in [0.1, 0.15) is 44.1 Å². The Hall–Kier alpha value is -2.86. The van der Waals surface area contributed by atoms with Gasteiger partial charge in [-0.05, 0) is 81.6 Å². The van der Waals surface area contributed by atoms with E-state index >= 15 is 0 Å². The molecule has 5 rings (SSSR count). The number of nitrogens with one attached hydrogen (secondary N) is 1. The summed E-state index contributed by atoms with van der Waals surface area (Å²) in [6, 6.07) is 20.9.